The van der Waals surface area contributed by atoms with Crippen molar-refractivity contribution < 1.29 is 9.18 Å². The molecule has 0 saturated heterocycles. The molecule has 0 radical (unpaired) electrons. The molecule has 0 aliphatic rings. The molecular weight excluding hydrogens is 361 g/mol. The first kappa shape index (κ1) is 17.2. The lowest BCUT2D eigenvalue weighted by atomic mass is 10.0. The van der Waals surface area contributed by atoms with Gasteiger partial charge in [0.2, 0.25) is 0 Å². The van der Waals surface area contributed by atoms with Gasteiger partial charge < -0.3 is 9.88 Å². The third-order valence-electron chi connectivity index (χ3n) is 4.22. The molecule has 4 aromatic rings. The summed E-state index contributed by atoms with van der Waals surface area (Å²) in [5, 5.41) is 4.67. The molecule has 1 amide bonds. The number of hydrogen-bond acceptors (Lipinski definition) is 3. The second-order valence-electron chi connectivity index (χ2n) is 6.12. The van der Waals surface area contributed by atoms with Crippen molar-refractivity contribution in [2.24, 2.45) is 0 Å². The van der Waals surface area contributed by atoms with Crippen molar-refractivity contribution in [2.75, 3.05) is 5.32 Å². The van der Waals surface area contributed by atoms with Gasteiger partial charge in [0.05, 0.1) is 16.9 Å². The number of imidazole rings is 1. The van der Waals surface area contributed by atoms with E-state index in [2.05, 4.69) is 10.3 Å². The van der Waals surface area contributed by atoms with Crippen LogP contribution in [0.25, 0.3) is 16.8 Å². The van der Waals surface area contributed by atoms with Gasteiger partial charge in [0.1, 0.15) is 5.82 Å². The van der Waals surface area contributed by atoms with E-state index in [1.165, 1.54) is 23.7 Å². The third-order valence-corrected chi connectivity index (χ3v) is 5.14. The molecule has 0 fully saturated rings. The molecule has 4 nitrogen and oxygen atoms in total. The maximum absolute atomic E-state index is 14.4. The monoisotopic (exact) mass is 377 g/mol. The summed E-state index contributed by atoms with van der Waals surface area (Å²) in [7, 11) is 0. The summed E-state index contributed by atoms with van der Waals surface area (Å²) < 4.78 is 16.0. The zero-order chi connectivity index (χ0) is 18.8. The van der Waals surface area contributed by atoms with Crippen LogP contribution in [0.1, 0.15) is 15.2 Å². The number of hydrogen-bond donors (Lipinski definition) is 1. The van der Waals surface area contributed by atoms with Crippen LogP contribution in [0.5, 0.6) is 0 Å². The van der Waals surface area contributed by atoms with E-state index in [1.807, 2.05) is 42.6 Å². The zero-order valence-electron chi connectivity index (χ0n) is 14.5. The number of thiophene rings is 1. The van der Waals surface area contributed by atoms with Gasteiger partial charge in [0.15, 0.2) is 0 Å². The summed E-state index contributed by atoms with van der Waals surface area (Å²) in [6, 6.07) is 14.5. The van der Waals surface area contributed by atoms with Crippen LogP contribution in [0.2, 0.25) is 0 Å². The average Bonchev–Trinajstić information content (AvgIpc) is 3.34. The van der Waals surface area contributed by atoms with Crippen LogP contribution in [0, 0.1) is 12.7 Å². The number of amides is 1. The minimum Gasteiger partial charge on any atom is -0.321 e. The van der Waals surface area contributed by atoms with Gasteiger partial charge in [-0.3, -0.25) is 4.79 Å². The Hall–Kier alpha value is -3.25. The number of carbonyl (C=O) groups excluding carboxylic acids is 1. The molecule has 0 aliphatic carbocycles. The number of carbonyl (C=O) groups is 1. The number of nitrogens with zero attached hydrogens (tertiary/aromatic N) is 2. The lowest BCUT2D eigenvalue weighted by Gasteiger charge is -2.09. The van der Waals surface area contributed by atoms with E-state index in [4.69, 9.17) is 0 Å². The second-order valence-corrected chi connectivity index (χ2v) is 7.04. The van der Waals surface area contributed by atoms with Crippen LogP contribution in [0.15, 0.2) is 72.6 Å². The Morgan fingerprint density at radius 3 is 2.67 bits per heavy atom. The minimum absolute atomic E-state index is 0.254. The molecule has 134 valence electrons. The van der Waals surface area contributed by atoms with Crippen molar-refractivity contribution in [2.45, 2.75) is 6.92 Å². The van der Waals surface area contributed by atoms with Crippen LogP contribution in [-0.2, 0) is 0 Å². The predicted molar refractivity (Wildman–Crippen MR) is 106 cm³/mol. The molecule has 2 aromatic carbocycles. The van der Waals surface area contributed by atoms with E-state index >= 15 is 0 Å². The van der Waals surface area contributed by atoms with Gasteiger partial charge in [-0.15, -0.1) is 11.3 Å². The molecule has 2 aromatic heterocycles. The van der Waals surface area contributed by atoms with Crippen molar-refractivity contribution >= 4 is 22.9 Å². The van der Waals surface area contributed by atoms with Crippen LogP contribution in [-0.4, -0.2) is 15.5 Å². The summed E-state index contributed by atoms with van der Waals surface area (Å²) >= 11 is 1.36. The maximum Gasteiger partial charge on any atom is 0.266 e. The van der Waals surface area contributed by atoms with Gasteiger partial charge in [0.25, 0.3) is 5.91 Å². The molecule has 0 atom stereocenters. The van der Waals surface area contributed by atoms with Gasteiger partial charge in [-0.2, -0.15) is 0 Å². The molecule has 0 unspecified atom stereocenters. The number of halogens is 1. The number of rotatable bonds is 4. The molecule has 4 rings (SSSR count). The Balaban J connectivity index is 1.58. The number of nitrogens with one attached hydrogen (secondary N) is 1. The quantitative estimate of drug-likeness (QED) is 0.524. The number of anilines is 1. The summed E-state index contributed by atoms with van der Waals surface area (Å²) in [4.78, 5) is 17.2. The summed E-state index contributed by atoms with van der Waals surface area (Å²) in [6.07, 6.45) is 4.77. The van der Waals surface area contributed by atoms with Crippen molar-refractivity contribution in [3.8, 4) is 16.8 Å². The van der Waals surface area contributed by atoms with Crippen LogP contribution in [0.3, 0.4) is 0 Å². The zero-order valence-corrected chi connectivity index (χ0v) is 15.3. The first-order valence-corrected chi connectivity index (χ1v) is 9.23. The number of aromatic nitrogens is 2. The summed E-state index contributed by atoms with van der Waals surface area (Å²) in [5.41, 5.74) is 3.79. The minimum atomic E-state index is -0.435. The average molecular weight is 377 g/mol. The van der Waals surface area contributed by atoms with E-state index < -0.39 is 5.82 Å². The van der Waals surface area contributed by atoms with E-state index in [0.29, 0.717) is 16.3 Å². The van der Waals surface area contributed by atoms with Crippen molar-refractivity contribution in [3.05, 3.63) is 88.9 Å². The molecule has 0 bridgehead atoms. The summed E-state index contributed by atoms with van der Waals surface area (Å²) in [6.45, 7) is 2.02. The van der Waals surface area contributed by atoms with E-state index in [0.717, 1.165) is 16.7 Å². The first-order chi connectivity index (χ1) is 13.1. The fourth-order valence-corrected chi connectivity index (χ4v) is 3.64. The Morgan fingerprint density at radius 2 is 1.96 bits per heavy atom. The van der Waals surface area contributed by atoms with Crippen LogP contribution < -0.4 is 5.32 Å². The largest absolute Gasteiger partial charge is 0.321 e. The van der Waals surface area contributed by atoms with Crippen molar-refractivity contribution in [3.63, 3.8) is 0 Å². The number of benzene rings is 2. The molecular formula is C21H16FN3OS. The Bertz CT molecular complexity index is 1090. The van der Waals surface area contributed by atoms with Gasteiger partial charge in [-0.1, -0.05) is 29.8 Å². The van der Waals surface area contributed by atoms with Gasteiger partial charge >= 0.3 is 0 Å². The normalized spacial score (nSPS) is 10.7. The maximum atomic E-state index is 14.4. The fraction of sp³-hybridized carbons (Fsp3) is 0.0476. The predicted octanol–water partition coefficient (Wildman–Crippen LogP) is 5.30. The Kier molecular flexibility index (Phi) is 4.56. The van der Waals surface area contributed by atoms with Gasteiger partial charge in [0, 0.05) is 23.6 Å². The highest BCUT2D eigenvalue weighted by Crippen LogP contribution is 2.29. The van der Waals surface area contributed by atoms with E-state index in [-0.39, 0.29) is 5.91 Å². The smallest absolute Gasteiger partial charge is 0.266 e. The standard InChI is InChI=1S/C21H16FN3OS/c1-14-2-4-15(5-3-14)17-8-11-27-20(17)21(26)24-16-6-7-19(18(22)12-16)25-10-9-23-13-25/h2-13H,1H3,(H,24,26). The van der Waals surface area contributed by atoms with E-state index in [1.54, 1.807) is 29.1 Å². The van der Waals surface area contributed by atoms with Crippen molar-refractivity contribution in [1.82, 2.24) is 9.55 Å². The molecule has 0 aliphatic heterocycles. The van der Waals surface area contributed by atoms with Crippen molar-refractivity contribution in [1.29, 1.82) is 0 Å². The van der Waals surface area contributed by atoms with Gasteiger partial charge in [-0.05, 0) is 42.1 Å². The molecule has 0 spiro atoms. The van der Waals surface area contributed by atoms with Crippen LogP contribution >= 0.6 is 11.3 Å². The number of aryl methyl sites for hydroxylation is 1. The fourth-order valence-electron chi connectivity index (χ4n) is 2.83. The highest BCUT2D eigenvalue weighted by atomic mass is 32.1. The Morgan fingerprint density at radius 1 is 1.15 bits per heavy atom. The van der Waals surface area contributed by atoms with E-state index in [9.17, 15) is 9.18 Å². The third kappa shape index (κ3) is 3.52. The molecule has 27 heavy (non-hydrogen) atoms. The SMILES string of the molecule is Cc1ccc(-c2ccsc2C(=O)Nc2ccc(-n3ccnc3)c(F)c2)cc1. The molecule has 2 heterocycles. The molecule has 0 saturated carbocycles. The second kappa shape index (κ2) is 7.17. The van der Waals surface area contributed by atoms with Gasteiger partial charge in [-0.25, -0.2) is 9.37 Å². The Labute approximate surface area is 159 Å². The topological polar surface area (TPSA) is 46.9 Å². The lowest BCUT2D eigenvalue weighted by Crippen LogP contribution is -2.11. The molecule has 1 N–H and O–H groups in total. The lowest BCUT2D eigenvalue weighted by molar-refractivity contribution is 0.103. The highest BCUT2D eigenvalue weighted by Gasteiger charge is 2.16. The van der Waals surface area contributed by atoms with Crippen LogP contribution in [0.4, 0.5) is 10.1 Å². The highest BCUT2D eigenvalue weighted by molar-refractivity contribution is 7.12. The molecule has 6 heteroatoms. The summed E-state index contributed by atoms with van der Waals surface area (Å²) in [5.74, 6) is -0.689. The first-order valence-electron chi connectivity index (χ1n) is 8.35.